The van der Waals surface area contributed by atoms with Gasteiger partial charge in [-0.15, -0.1) is 0 Å². The summed E-state index contributed by atoms with van der Waals surface area (Å²) in [5.74, 6) is 0. The molecule has 0 atom stereocenters. The molecule has 120 valence electrons. The normalized spacial score (nSPS) is 12.4. The molecule has 0 saturated carbocycles. The van der Waals surface area contributed by atoms with E-state index in [0.29, 0.717) is 0 Å². The van der Waals surface area contributed by atoms with Crippen LogP contribution in [-0.2, 0) is 26.9 Å². The summed E-state index contributed by atoms with van der Waals surface area (Å²) in [6, 6.07) is 0. The van der Waals surface area contributed by atoms with Crippen molar-refractivity contribution in [2.75, 3.05) is 0 Å². The van der Waals surface area contributed by atoms with Crippen LogP contribution in [0.3, 0.4) is 0 Å². The molecule has 0 aliphatic heterocycles. The number of hydrogen-bond acceptors (Lipinski definition) is 6. The van der Waals surface area contributed by atoms with Crippen molar-refractivity contribution >= 4 is 115 Å². The molecule has 0 saturated heterocycles. The molecule has 0 aliphatic carbocycles. The quantitative estimate of drug-likeness (QED) is 0.142. The van der Waals surface area contributed by atoms with E-state index in [0.717, 1.165) is 0 Å². The van der Waals surface area contributed by atoms with Crippen LogP contribution >= 0.6 is 31.3 Å². The average molecular weight is 488 g/mol. The first-order valence-corrected chi connectivity index (χ1v) is 9.18. The monoisotopic (exact) mass is 488 g/mol. The molecule has 0 aromatic rings. The summed E-state index contributed by atoms with van der Waals surface area (Å²) in [7, 11) is -20.2. The van der Waals surface area contributed by atoms with Crippen LogP contribution in [0, 0.1) is 0 Å². The summed E-state index contributed by atoms with van der Waals surface area (Å²) in [4.78, 5) is 62.0. The van der Waals surface area contributed by atoms with Crippen molar-refractivity contribution in [3.8, 4) is 0 Å². The maximum atomic E-state index is 9.63. The Bertz CT molecular complexity index is 348. The van der Waals surface area contributed by atoms with Crippen LogP contribution in [0.15, 0.2) is 0 Å². The summed E-state index contributed by atoms with van der Waals surface area (Å²) in [5, 5.41) is 0. The third-order valence-corrected chi connectivity index (χ3v) is 3.83. The van der Waals surface area contributed by atoms with Gasteiger partial charge in [-0.25, -0.2) is 18.3 Å². The molecule has 0 rings (SSSR count). The fourth-order valence-electron chi connectivity index (χ4n) is 0.277. The Hall–Kier alpha value is 3.26. The average Bonchev–Trinajstić information content (AvgIpc) is 1.64. The van der Waals surface area contributed by atoms with Gasteiger partial charge in [-0.3, -0.25) is 0 Å². The molecule has 0 amide bonds. The van der Waals surface area contributed by atoms with Crippen molar-refractivity contribution < 1.29 is 66.0 Å². The van der Waals surface area contributed by atoms with Gasteiger partial charge in [0, 0.05) is 0 Å². The minimum atomic E-state index is -5.05. The van der Waals surface area contributed by atoms with E-state index >= 15 is 0 Å². The molecular formula is H12CaO14P4Sr. The summed E-state index contributed by atoms with van der Waals surface area (Å²) in [6.07, 6.45) is 0. The molecule has 0 aromatic carbocycles. The van der Waals surface area contributed by atoms with E-state index in [1.54, 1.807) is 0 Å². The fourth-order valence-corrected chi connectivity index (χ4v) is 2.49. The predicted molar refractivity (Wildman–Crippen MR) is 67.4 cm³/mol. The van der Waals surface area contributed by atoms with Crippen molar-refractivity contribution in [2.45, 2.75) is 0 Å². The summed E-state index contributed by atoms with van der Waals surface area (Å²) < 4.78 is 44.4. The Morgan fingerprint density at radius 3 is 0.600 bits per heavy atom. The maximum absolute atomic E-state index is 9.63. The van der Waals surface area contributed by atoms with Gasteiger partial charge < -0.3 is 39.1 Å². The molecule has 0 spiro atoms. The van der Waals surface area contributed by atoms with Gasteiger partial charge >= 0.3 is 115 Å². The van der Waals surface area contributed by atoms with Crippen LogP contribution in [0.25, 0.3) is 0 Å². The van der Waals surface area contributed by atoms with Crippen molar-refractivity contribution in [1.82, 2.24) is 0 Å². The third kappa shape index (κ3) is 37.5. The van der Waals surface area contributed by atoms with Crippen molar-refractivity contribution in [3.05, 3.63) is 0 Å². The fraction of sp³-hybridized carbons (Fsp3) is 0. The molecule has 0 heterocycles. The molecule has 14 nitrogen and oxygen atoms in total. The topological polar surface area (TPSA) is 249 Å². The standard InChI is InChI=1S/Ca.2H4O7P2.Sr.4H/c;2*1-8(2,3)7-9(4,5)6;;;;;/h;2*(H2,1,2,3)(H2,4,5,6);;;;;. The van der Waals surface area contributed by atoms with E-state index < -0.39 is 31.3 Å². The van der Waals surface area contributed by atoms with E-state index in [-0.39, 0.29) is 83.2 Å². The van der Waals surface area contributed by atoms with Crippen LogP contribution in [0.1, 0.15) is 0 Å². The molecule has 0 fully saturated rings. The van der Waals surface area contributed by atoms with Crippen LogP contribution in [0.2, 0.25) is 0 Å². The Labute approximate surface area is 178 Å². The SMILES string of the molecule is O=P(O)(O)OP(=O)(O)O.O=P(O)(O)OP(=O)(O)O.[CaH2].[SrH2]. The summed E-state index contributed by atoms with van der Waals surface area (Å²) >= 11 is 0. The first-order chi connectivity index (χ1) is 7.41. The Balaban J connectivity index is -0.000000116. The van der Waals surface area contributed by atoms with Gasteiger partial charge in [0.2, 0.25) is 0 Å². The van der Waals surface area contributed by atoms with Crippen LogP contribution < -0.4 is 0 Å². The second-order valence-corrected chi connectivity index (χ2v) is 7.36. The van der Waals surface area contributed by atoms with Crippen molar-refractivity contribution in [1.29, 1.82) is 0 Å². The van der Waals surface area contributed by atoms with Crippen molar-refractivity contribution in [2.24, 2.45) is 0 Å². The molecule has 0 bridgehead atoms. The third-order valence-electron chi connectivity index (χ3n) is 0.425. The first kappa shape index (κ1) is 31.1. The van der Waals surface area contributed by atoms with E-state index in [1.165, 1.54) is 0 Å². The van der Waals surface area contributed by atoms with Gasteiger partial charge in [0.25, 0.3) is 0 Å². The predicted octanol–water partition coefficient (Wildman–Crippen LogP) is -3.46. The molecule has 0 aliphatic rings. The van der Waals surface area contributed by atoms with Gasteiger partial charge in [0.15, 0.2) is 0 Å². The first-order valence-electron chi connectivity index (χ1n) is 3.06. The molecule has 20 heavy (non-hydrogen) atoms. The Morgan fingerprint density at radius 2 is 0.600 bits per heavy atom. The number of phosphoric acid groups is 4. The number of rotatable bonds is 4. The second-order valence-electron chi connectivity index (χ2n) is 2.13. The number of hydrogen-bond donors (Lipinski definition) is 8. The van der Waals surface area contributed by atoms with E-state index in [9.17, 15) is 18.3 Å². The van der Waals surface area contributed by atoms with Crippen LogP contribution in [0.4, 0.5) is 0 Å². The van der Waals surface area contributed by atoms with Gasteiger partial charge in [-0.05, 0) is 0 Å². The summed E-state index contributed by atoms with van der Waals surface area (Å²) in [6.45, 7) is 0. The van der Waals surface area contributed by atoms with Gasteiger partial charge in [-0.1, -0.05) is 0 Å². The molecule has 0 aromatic heterocycles. The van der Waals surface area contributed by atoms with Crippen molar-refractivity contribution in [3.63, 3.8) is 0 Å². The second kappa shape index (κ2) is 11.8. The van der Waals surface area contributed by atoms with Gasteiger partial charge in [-0.2, -0.15) is 8.62 Å². The molecule has 20 heteroatoms. The van der Waals surface area contributed by atoms with Crippen LogP contribution in [0.5, 0.6) is 0 Å². The van der Waals surface area contributed by atoms with E-state index in [4.69, 9.17) is 39.1 Å². The molecule has 0 radical (unpaired) electrons. The summed E-state index contributed by atoms with van der Waals surface area (Å²) in [5.41, 5.74) is 0. The molecule has 0 unspecified atom stereocenters. The van der Waals surface area contributed by atoms with Gasteiger partial charge in [0.05, 0.1) is 0 Å². The molecule has 8 N–H and O–H groups in total. The zero-order valence-corrected chi connectivity index (χ0v) is 11.4. The zero-order chi connectivity index (χ0) is 15.4. The van der Waals surface area contributed by atoms with E-state index in [2.05, 4.69) is 8.62 Å². The molecular weight excluding hydrogens is 476 g/mol. The zero-order valence-electron chi connectivity index (χ0n) is 7.82. The Morgan fingerprint density at radius 1 is 0.500 bits per heavy atom. The Kier molecular flexibility index (Phi) is 18.3. The van der Waals surface area contributed by atoms with Crippen LogP contribution in [-0.4, -0.2) is 122 Å². The van der Waals surface area contributed by atoms with E-state index in [1.807, 2.05) is 0 Å². The van der Waals surface area contributed by atoms with Gasteiger partial charge in [0.1, 0.15) is 0 Å². The minimum absolute atomic E-state index is 0.